The summed E-state index contributed by atoms with van der Waals surface area (Å²) in [5.41, 5.74) is 0.703. The van der Waals surface area contributed by atoms with E-state index in [4.69, 9.17) is 0 Å². The van der Waals surface area contributed by atoms with Crippen LogP contribution in [0.2, 0.25) is 0 Å². The summed E-state index contributed by atoms with van der Waals surface area (Å²) in [6.45, 7) is 2.52. The van der Waals surface area contributed by atoms with E-state index >= 15 is 0 Å². The molecule has 0 saturated carbocycles. The number of hydrogen-bond donors (Lipinski definition) is 1. The molecule has 1 N–H and O–H groups in total. The van der Waals surface area contributed by atoms with Crippen LogP contribution in [0.25, 0.3) is 0 Å². The second-order valence-electron chi connectivity index (χ2n) is 3.32. The van der Waals surface area contributed by atoms with Crippen molar-refractivity contribution in [3.05, 3.63) is 12.2 Å². The SMILES string of the molecule is C1=CCC2(CC1)CNC2. The molecule has 1 heterocycles. The van der Waals surface area contributed by atoms with Gasteiger partial charge < -0.3 is 5.32 Å². The fraction of sp³-hybridized carbons (Fsp3) is 0.750. The first-order valence-electron chi connectivity index (χ1n) is 3.77. The summed E-state index contributed by atoms with van der Waals surface area (Å²) in [6, 6.07) is 0. The quantitative estimate of drug-likeness (QED) is 0.479. The Labute approximate surface area is 56.1 Å². The minimum absolute atomic E-state index is 0.703. The highest BCUT2D eigenvalue weighted by Crippen LogP contribution is 2.35. The Bertz CT molecular complexity index is 134. The minimum atomic E-state index is 0.703. The van der Waals surface area contributed by atoms with E-state index in [0.717, 1.165) is 0 Å². The highest BCUT2D eigenvalue weighted by molar-refractivity contribution is 5.03. The van der Waals surface area contributed by atoms with Crippen LogP contribution in [-0.2, 0) is 0 Å². The Morgan fingerprint density at radius 1 is 1.22 bits per heavy atom. The van der Waals surface area contributed by atoms with Gasteiger partial charge in [0.25, 0.3) is 0 Å². The van der Waals surface area contributed by atoms with Crippen LogP contribution in [0, 0.1) is 5.41 Å². The van der Waals surface area contributed by atoms with Crippen LogP contribution in [0.3, 0.4) is 0 Å². The molecule has 1 aliphatic heterocycles. The molecule has 0 aromatic rings. The summed E-state index contributed by atoms with van der Waals surface area (Å²) in [6.07, 6.45) is 8.69. The highest BCUT2D eigenvalue weighted by atomic mass is 15.0. The first kappa shape index (κ1) is 5.48. The zero-order valence-electron chi connectivity index (χ0n) is 5.69. The fourth-order valence-electron chi connectivity index (χ4n) is 1.74. The van der Waals surface area contributed by atoms with E-state index in [1.807, 2.05) is 0 Å². The number of allylic oxidation sites excluding steroid dienone is 2. The van der Waals surface area contributed by atoms with E-state index in [0.29, 0.717) is 5.41 Å². The maximum atomic E-state index is 3.34. The molecule has 9 heavy (non-hydrogen) atoms. The summed E-state index contributed by atoms with van der Waals surface area (Å²) >= 11 is 0. The van der Waals surface area contributed by atoms with Gasteiger partial charge in [0.2, 0.25) is 0 Å². The van der Waals surface area contributed by atoms with Crippen molar-refractivity contribution in [3.63, 3.8) is 0 Å². The molecule has 1 nitrogen and oxygen atoms in total. The van der Waals surface area contributed by atoms with E-state index in [9.17, 15) is 0 Å². The van der Waals surface area contributed by atoms with E-state index in [-0.39, 0.29) is 0 Å². The maximum absolute atomic E-state index is 3.34. The van der Waals surface area contributed by atoms with Crippen molar-refractivity contribution in [2.45, 2.75) is 19.3 Å². The topological polar surface area (TPSA) is 12.0 Å². The second kappa shape index (κ2) is 1.84. The van der Waals surface area contributed by atoms with E-state index < -0.39 is 0 Å². The van der Waals surface area contributed by atoms with Crippen molar-refractivity contribution in [2.75, 3.05) is 13.1 Å². The molecule has 0 radical (unpaired) electrons. The Morgan fingerprint density at radius 3 is 2.44 bits per heavy atom. The lowest BCUT2D eigenvalue weighted by molar-refractivity contribution is 0.151. The molecular weight excluding hydrogens is 110 g/mol. The lowest BCUT2D eigenvalue weighted by Crippen LogP contribution is -2.53. The molecule has 0 unspecified atom stereocenters. The fourth-order valence-corrected chi connectivity index (χ4v) is 1.74. The molecule has 0 aromatic heterocycles. The first-order chi connectivity index (χ1) is 4.41. The Balaban J connectivity index is 2.04. The zero-order chi connectivity index (χ0) is 6.16. The Morgan fingerprint density at radius 2 is 2.11 bits per heavy atom. The van der Waals surface area contributed by atoms with Gasteiger partial charge in [-0.25, -0.2) is 0 Å². The van der Waals surface area contributed by atoms with Crippen molar-refractivity contribution in [1.82, 2.24) is 5.32 Å². The van der Waals surface area contributed by atoms with Crippen molar-refractivity contribution >= 4 is 0 Å². The lowest BCUT2D eigenvalue weighted by atomic mass is 9.72. The summed E-state index contributed by atoms with van der Waals surface area (Å²) in [7, 11) is 0. The molecule has 0 bridgehead atoms. The average Bonchev–Trinajstić information content (AvgIpc) is 1.87. The largest absolute Gasteiger partial charge is 0.316 e. The minimum Gasteiger partial charge on any atom is -0.316 e. The van der Waals surface area contributed by atoms with Gasteiger partial charge in [-0.2, -0.15) is 0 Å². The molecular formula is C8H13N. The molecule has 0 atom stereocenters. The van der Waals surface area contributed by atoms with Gasteiger partial charge in [-0.15, -0.1) is 0 Å². The third kappa shape index (κ3) is 0.799. The van der Waals surface area contributed by atoms with Crippen LogP contribution in [0.1, 0.15) is 19.3 Å². The van der Waals surface area contributed by atoms with Crippen LogP contribution in [0.15, 0.2) is 12.2 Å². The van der Waals surface area contributed by atoms with Gasteiger partial charge in [0.1, 0.15) is 0 Å². The molecule has 0 aromatic carbocycles. The molecule has 1 spiro atoms. The smallest absolute Gasteiger partial charge is 0.00233 e. The van der Waals surface area contributed by atoms with Crippen LogP contribution in [0.5, 0.6) is 0 Å². The lowest BCUT2D eigenvalue weighted by Gasteiger charge is -2.43. The monoisotopic (exact) mass is 123 g/mol. The Hall–Kier alpha value is -0.300. The maximum Gasteiger partial charge on any atom is 0.00233 e. The molecule has 2 rings (SSSR count). The summed E-state index contributed by atoms with van der Waals surface area (Å²) in [5, 5.41) is 3.34. The van der Waals surface area contributed by atoms with E-state index in [1.54, 1.807) is 0 Å². The molecule has 1 fully saturated rings. The number of nitrogens with one attached hydrogen (secondary N) is 1. The van der Waals surface area contributed by atoms with Gasteiger partial charge in [0.05, 0.1) is 0 Å². The first-order valence-corrected chi connectivity index (χ1v) is 3.77. The summed E-state index contributed by atoms with van der Waals surface area (Å²) < 4.78 is 0. The van der Waals surface area contributed by atoms with E-state index in [1.165, 1.54) is 32.4 Å². The number of rotatable bonds is 0. The van der Waals surface area contributed by atoms with Gasteiger partial charge in [0.15, 0.2) is 0 Å². The van der Waals surface area contributed by atoms with Crippen LogP contribution < -0.4 is 5.32 Å². The summed E-state index contributed by atoms with van der Waals surface area (Å²) in [4.78, 5) is 0. The normalized spacial score (nSPS) is 30.2. The molecule has 1 saturated heterocycles. The van der Waals surface area contributed by atoms with Crippen LogP contribution in [-0.4, -0.2) is 13.1 Å². The van der Waals surface area contributed by atoms with Crippen molar-refractivity contribution in [3.8, 4) is 0 Å². The predicted octanol–water partition coefficient (Wildman–Crippen LogP) is 1.32. The molecule has 50 valence electrons. The molecule has 1 heteroatoms. The van der Waals surface area contributed by atoms with Crippen molar-refractivity contribution in [2.24, 2.45) is 5.41 Å². The van der Waals surface area contributed by atoms with Crippen LogP contribution in [0.4, 0.5) is 0 Å². The molecule has 1 aliphatic carbocycles. The third-order valence-corrected chi connectivity index (χ3v) is 2.56. The van der Waals surface area contributed by atoms with Crippen LogP contribution >= 0.6 is 0 Å². The predicted molar refractivity (Wildman–Crippen MR) is 38.3 cm³/mol. The number of hydrogen-bond acceptors (Lipinski definition) is 1. The third-order valence-electron chi connectivity index (χ3n) is 2.56. The van der Waals surface area contributed by atoms with Gasteiger partial charge >= 0.3 is 0 Å². The van der Waals surface area contributed by atoms with Gasteiger partial charge in [-0.3, -0.25) is 0 Å². The second-order valence-corrected chi connectivity index (χ2v) is 3.32. The van der Waals surface area contributed by atoms with Gasteiger partial charge in [-0.1, -0.05) is 12.2 Å². The van der Waals surface area contributed by atoms with E-state index in [2.05, 4.69) is 17.5 Å². The molecule has 2 aliphatic rings. The van der Waals surface area contributed by atoms with Gasteiger partial charge in [0, 0.05) is 13.1 Å². The Kier molecular flexibility index (Phi) is 1.12. The zero-order valence-corrected chi connectivity index (χ0v) is 5.69. The van der Waals surface area contributed by atoms with Crippen molar-refractivity contribution < 1.29 is 0 Å². The average molecular weight is 123 g/mol. The highest BCUT2D eigenvalue weighted by Gasteiger charge is 2.35. The molecule has 0 amide bonds. The van der Waals surface area contributed by atoms with Gasteiger partial charge in [-0.05, 0) is 24.7 Å². The summed E-state index contributed by atoms with van der Waals surface area (Å²) in [5.74, 6) is 0. The standard InChI is InChI=1S/C8H13N/c1-2-4-8(5-3-1)6-9-7-8/h1-2,9H,3-7H2. The van der Waals surface area contributed by atoms with Crippen molar-refractivity contribution in [1.29, 1.82) is 0 Å².